The number of ether oxygens (including phenoxy) is 1. The number of aromatic amines is 1. The molecule has 7 nitrogen and oxygen atoms in total. The zero-order valence-corrected chi connectivity index (χ0v) is 9.91. The third-order valence-electron chi connectivity index (χ3n) is 2.54. The van der Waals surface area contributed by atoms with Gasteiger partial charge in [0.05, 0.1) is 12.8 Å². The Balaban J connectivity index is 2.67. The minimum Gasteiger partial charge on any atom is -0.497 e. The molecular formula is C12H10N2O5. The molecule has 2 rings (SSSR count). The number of aromatic carboxylic acids is 1. The van der Waals surface area contributed by atoms with Gasteiger partial charge in [0.2, 0.25) is 0 Å². The van der Waals surface area contributed by atoms with Gasteiger partial charge in [-0.25, -0.2) is 14.2 Å². The molecular weight excluding hydrogens is 252 g/mol. The van der Waals surface area contributed by atoms with Crippen molar-refractivity contribution in [3.05, 3.63) is 56.9 Å². The summed E-state index contributed by atoms with van der Waals surface area (Å²) in [6, 6.07) is 6.10. The number of nitrogens with zero attached hydrogens (tertiary/aromatic N) is 1. The molecule has 2 N–H and O–H groups in total. The molecule has 1 heterocycles. The number of benzene rings is 1. The summed E-state index contributed by atoms with van der Waals surface area (Å²) < 4.78 is 5.71. The van der Waals surface area contributed by atoms with Crippen LogP contribution in [0.2, 0.25) is 0 Å². The van der Waals surface area contributed by atoms with E-state index in [2.05, 4.69) is 4.98 Å². The highest BCUT2D eigenvalue weighted by atomic mass is 16.5. The van der Waals surface area contributed by atoms with Crippen molar-refractivity contribution in [1.82, 2.24) is 9.55 Å². The van der Waals surface area contributed by atoms with Crippen LogP contribution in [0.25, 0.3) is 5.69 Å². The van der Waals surface area contributed by atoms with E-state index in [0.717, 1.165) is 10.8 Å². The monoisotopic (exact) mass is 262 g/mol. The van der Waals surface area contributed by atoms with Gasteiger partial charge < -0.3 is 14.8 Å². The van der Waals surface area contributed by atoms with Gasteiger partial charge in [-0.15, -0.1) is 0 Å². The zero-order valence-electron chi connectivity index (χ0n) is 9.91. The molecule has 19 heavy (non-hydrogen) atoms. The quantitative estimate of drug-likeness (QED) is 0.824. The van der Waals surface area contributed by atoms with Crippen LogP contribution < -0.4 is 16.0 Å². The standard InChI is InChI=1S/C12H10N2O5/c1-19-8-4-2-7(3-5-8)14-10(15)9(11(16)17)6-13-12(14)18/h2-6H,1H3,(H,13,18)(H,16,17). The highest BCUT2D eigenvalue weighted by Crippen LogP contribution is 2.12. The van der Waals surface area contributed by atoms with Crippen LogP contribution >= 0.6 is 0 Å². The van der Waals surface area contributed by atoms with E-state index in [-0.39, 0.29) is 5.69 Å². The van der Waals surface area contributed by atoms with Crippen LogP contribution in [0, 0.1) is 0 Å². The fourth-order valence-electron chi connectivity index (χ4n) is 1.59. The van der Waals surface area contributed by atoms with Crippen LogP contribution in [0.15, 0.2) is 40.1 Å². The smallest absolute Gasteiger partial charge is 0.342 e. The minimum atomic E-state index is -1.40. The number of carboxylic acids is 1. The summed E-state index contributed by atoms with van der Waals surface area (Å²) in [6.07, 6.45) is 0.882. The molecule has 0 saturated carbocycles. The number of methoxy groups -OCH3 is 1. The van der Waals surface area contributed by atoms with E-state index in [1.165, 1.54) is 19.2 Å². The summed E-state index contributed by atoms with van der Waals surface area (Å²) in [5.74, 6) is -0.842. The normalized spacial score (nSPS) is 10.2. The number of nitrogens with one attached hydrogen (secondary N) is 1. The molecule has 0 bridgehead atoms. The van der Waals surface area contributed by atoms with Crippen molar-refractivity contribution in [2.75, 3.05) is 7.11 Å². The number of hydrogen-bond acceptors (Lipinski definition) is 4. The van der Waals surface area contributed by atoms with Crippen LogP contribution in [0.5, 0.6) is 5.75 Å². The van der Waals surface area contributed by atoms with Crippen LogP contribution in [-0.4, -0.2) is 27.7 Å². The summed E-state index contributed by atoms with van der Waals surface area (Å²) >= 11 is 0. The van der Waals surface area contributed by atoms with Gasteiger partial charge in [0.15, 0.2) is 0 Å². The van der Waals surface area contributed by atoms with Crippen LogP contribution in [0.3, 0.4) is 0 Å². The number of H-pyrrole nitrogens is 1. The highest BCUT2D eigenvalue weighted by molar-refractivity contribution is 5.86. The zero-order chi connectivity index (χ0) is 14.0. The van der Waals surface area contributed by atoms with E-state index < -0.39 is 22.8 Å². The second-order valence-corrected chi connectivity index (χ2v) is 3.65. The lowest BCUT2D eigenvalue weighted by atomic mass is 10.3. The second-order valence-electron chi connectivity index (χ2n) is 3.65. The van der Waals surface area contributed by atoms with Crippen molar-refractivity contribution in [3.8, 4) is 11.4 Å². The maximum atomic E-state index is 11.9. The predicted molar refractivity (Wildman–Crippen MR) is 66.2 cm³/mol. The van der Waals surface area contributed by atoms with Crippen molar-refractivity contribution in [3.63, 3.8) is 0 Å². The molecule has 1 aromatic heterocycles. The Morgan fingerprint density at radius 3 is 2.42 bits per heavy atom. The molecule has 0 amide bonds. The molecule has 2 aromatic rings. The lowest BCUT2D eigenvalue weighted by molar-refractivity contribution is 0.0694. The molecule has 0 aliphatic rings. The van der Waals surface area contributed by atoms with Gasteiger partial charge in [0.1, 0.15) is 11.3 Å². The van der Waals surface area contributed by atoms with E-state index in [1.54, 1.807) is 12.1 Å². The van der Waals surface area contributed by atoms with E-state index in [0.29, 0.717) is 5.75 Å². The first-order valence-corrected chi connectivity index (χ1v) is 5.27. The Bertz CT molecular complexity index is 727. The molecule has 7 heteroatoms. The van der Waals surface area contributed by atoms with Gasteiger partial charge in [0, 0.05) is 6.20 Å². The van der Waals surface area contributed by atoms with E-state index >= 15 is 0 Å². The lowest BCUT2D eigenvalue weighted by Gasteiger charge is -2.06. The Labute approximate surface area is 106 Å². The van der Waals surface area contributed by atoms with Crippen molar-refractivity contribution < 1.29 is 14.6 Å². The largest absolute Gasteiger partial charge is 0.497 e. The molecule has 0 saturated heterocycles. The molecule has 0 atom stereocenters. The summed E-state index contributed by atoms with van der Waals surface area (Å²) in [5.41, 5.74) is -1.84. The molecule has 0 unspecified atom stereocenters. The lowest BCUT2D eigenvalue weighted by Crippen LogP contribution is -2.36. The average molecular weight is 262 g/mol. The summed E-state index contributed by atoms with van der Waals surface area (Å²) in [7, 11) is 1.49. The van der Waals surface area contributed by atoms with E-state index in [4.69, 9.17) is 9.84 Å². The van der Waals surface area contributed by atoms with Gasteiger partial charge in [0.25, 0.3) is 5.56 Å². The molecule has 0 aliphatic heterocycles. The topological polar surface area (TPSA) is 101 Å². The van der Waals surface area contributed by atoms with Crippen molar-refractivity contribution in [2.24, 2.45) is 0 Å². The molecule has 0 fully saturated rings. The average Bonchev–Trinajstić information content (AvgIpc) is 2.39. The molecule has 0 radical (unpaired) electrons. The Morgan fingerprint density at radius 1 is 1.26 bits per heavy atom. The number of aromatic nitrogens is 2. The van der Waals surface area contributed by atoms with E-state index in [9.17, 15) is 14.4 Å². The van der Waals surface area contributed by atoms with Gasteiger partial charge in [-0.1, -0.05) is 0 Å². The van der Waals surface area contributed by atoms with Crippen molar-refractivity contribution >= 4 is 5.97 Å². The van der Waals surface area contributed by atoms with E-state index in [1.807, 2.05) is 0 Å². The third-order valence-corrected chi connectivity index (χ3v) is 2.54. The van der Waals surface area contributed by atoms with Crippen LogP contribution in [0.4, 0.5) is 0 Å². The van der Waals surface area contributed by atoms with Gasteiger partial charge >= 0.3 is 11.7 Å². The maximum absolute atomic E-state index is 11.9. The highest BCUT2D eigenvalue weighted by Gasteiger charge is 2.14. The van der Waals surface area contributed by atoms with Crippen LogP contribution in [0.1, 0.15) is 10.4 Å². The fraction of sp³-hybridized carbons (Fsp3) is 0.0833. The van der Waals surface area contributed by atoms with Gasteiger partial charge in [-0.2, -0.15) is 0 Å². The van der Waals surface area contributed by atoms with Gasteiger partial charge in [-0.05, 0) is 24.3 Å². The Morgan fingerprint density at radius 2 is 1.89 bits per heavy atom. The van der Waals surface area contributed by atoms with Gasteiger partial charge in [-0.3, -0.25) is 4.79 Å². The summed E-state index contributed by atoms with van der Waals surface area (Å²) in [4.78, 5) is 36.6. The van der Waals surface area contributed by atoms with Crippen molar-refractivity contribution in [2.45, 2.75) is 0 Å². The molecule has 0 spiro atoms. The summed E-state index contributed by atoms with van der Waals surface area (Å²) in [6.45, 7) is 0. The Kier molecular flexibility index (Phi) is 3.19. The first-order chi connectivity index (χ1) is 9.04. The van der Waals surface area contributed by atoms with Crippen LogP contribution in [-0.2, 0) is 0 Å². The molecule has 98 valence electrons. The fourth-order valence-corrected chi connectivity index (χ4v) is 1.59. The predicted octanol–water partition coefficient (Wildman–Crippen LogP) is 0.233. The maximum Gasteiger partial charge on any atom is 0.342 e. The summed E-state index contributed by atoms with van der Waals surface area (Å²) in [5, 5.41) is 8.85. The number of hydrogen-bond donors (Lipinski definition) is 2. The first kappa shape index (κ1) is 12.6. The van der Waals surface area contributed by atoms with Crippen molar-refractivity contribution in [1.29, 1.82) is 0 Å². The SMILES string of the molecule is COc1ccc(-n2c(=O)[nH]cc(C(=O)O)c2=O)cc1. The number of carbonyl (C=O) groups is 1. The number of carboxylic acid groups (broad SMARTS) is 1. The number of rotatable bonds is 3. The first-order valence-electron chi connectivity index (χ1n) is 5.27. The molecule has 0 aliphatic carbocycles. The minimum absolute atomic E-state index is 0.259. The second kappa shape index (κ2) is 4.81. The molecule has 1 aromatic carbocycles. The Hall–Kier alpha value is -2.83. The third kappa shape index (κ3) is 2.25.